The average molecular weight is 799 g/mol. The van der Waals surface area contributed by atoms with Gasteiger partial charge < -0.3 is 24.3 Å². The number of anilines is 5. The largest absolute Gasteiger partial charge is 0.334 e. The van der Waals surface area contributed by atoms with Crippen molar-refractivity contribution in [3.8, 4) is 12.1 Å². The molecule has 1 aliphatic carbocycles. The Morgan fingerprint density at radius 3 is 2.12 bits per heavy atom. The van der Waals surface area contributed by atoms with Crippen LogP contribution in [0, 0.1) is 34.5 Å². The van der Waals surface area contributed by atoms with Crippen LogP contribution in [-0.4, -0.2) is 54.0 Å². The summed E-state index contributed by atoms with van der Waals surface area (Å²) in [6.45, 7) is 4.62. The zero-order valence-corrected chi connectivity index (χ0v) is 34.7. The summed E-state index contributed by atoms with van der Waals surface area (Å²) in [5, 5.41) is 22.4. The highest BCUT2D eigenvalue weighted by molar-refractivity contribution is 7.42. The van der Waals surface area contributed by atoms with Gasteiger partial charge in [-0.15, -0.1) is 0 Å². The van der Waals surface area contributed by atoms with Gasteiger partial charge in [-0.1, -0.05) is 53.4 Å². The van der Waals surface area contributed by atoms with Crippen molar-refractivity contribution < 1.29 is 4.79 Å². The third-order valence-electron chi connectivity index (χ3n) is 11.0. The third kappa shape index (κ3) is 7.61. The summed E-state index contributed by atoms with van der Waals surface area (Å²) < 4.78 is 3.87. The number of fused-ring (bicyclic) bond motifs is 2. The Morgan fingerprint density at radius 1 is 0.847 bits per heavy atom. The fourth-order valence-corrected chi connectivity index (χ4v) is 7.91. The molecule has 0 bridgehead atoms. The van der Waals surface area contributed by atoms with E-state index in [-0.39, 0.29) is 17.7 Å². The number of nitrogens with zero attached hydrogens (tertiary/aromatic N) is 11. The smallest absolute Gasteiger partial charge is 0.229 e. The van der Waals surface area contributed by atoms with Gasteiger partial charge in [0.05, 0.1) is 52.4 Å². The molecule has 0 spiro atoms. The van der Waals surface area contributed by atoms with Crippen molar-refractivity contribution in [2.24, 2.45) is 30.9 Å². The van der Waals surface area contributed by atoms with E-state index in [0.29, 0.717) is 64.8 Å². The van der Waals surface area contributed by atoms with Crippen LogP contribution in [-0.2, 0) is 31.7 Å². The van der Waals surface area contributed by atoms with Gasteiger partial charge in [0.2, 0.25) is 5.91 Å². The molecular weight excluding hydrogens is 756 g/mol. The highest BCUT2D eigenvalue weighted by Crippen LogP contribution is 2.44. The van der Waals surface area contributed by atoms with Gasteiger partial charge in [-0.2, -0.15) is 10.5 Å². The van der Waals surface area contributed by atoms with Gasteiger partial charge in [0.25, 0.3) is 0 Å². The number of hydrogen-bond donors (Lipinski definition) is 1. The number of nitriles is 2. The zero-order valence-electron chi connectivity index (χ0n) is 33.5. The van der Waals surface area contributed by atoms with Crippen LogP contribution in [0.3, 0.4) is 0 Å². The van der Waals surface area contributed by atoms with E-state index in [2.05, 4.69) is 55.4 Å². The van der Waals surface area contributed by atoms with Crippen LogP contribution >= 0.6 is 9.24 Å². The maximum absolute atomic E-state index is 14.2. The summed E-state index contributed by atoms with van der Waals surface area (Å²) >= 11 is 0. The number of imidazole rings is 2. The maximum Gasteiger partial charge on any atom is 0.229 e. The van der Waals surface area contributed by atoms with Gasteiger partial charge in [-0.05, 0) is 78.3 Å². The number of carbonyl (C=O) groups is 1. The summed E-state index contributed by atoms with van der Waals surface area (Å²) in [5.41, 5.74) is 9.68. The second-order valence-corrected chi connectivity index (χ2v) is 15.4. The van der Waals surface area contributed by atoms with E-state index in [1.807, 2.05) is 108 Å². The quantitative estimate of drug-likeness (QED) is 0.0950. The van der Waals surface area contributed by atoms with Crippen LogP contribution in [0.5, 0.6) is 0 Å². The minimum atomic E-state index is -0.289. The topological polar surface area (TPSA) is 157 Å². The van der Waals surface area contributed by atoms with E-state index < -0.39 is 0 Å². The van der Waals surface area contributed by atoms with Crippen LogP contribution in [0.15, 0.2) is 96.5 Å². The molecule has 14 heteroatoms. The lowest BCUT2D eigenvalue weighted by molar-refractivity contribution is -0.117. The molecule has 0 aliphatic heterocycles. The maximum atomic E-state index is 14.2. The van der Waals surface area contributed by atoms with Gasteiger partial charge in [-0.25, -0.2) is 24.9 Å². The molecule has 3 unspecified atom stereocenters. The first-order valence-electron chi connectivity index (χ1n) is 19.5. The highest BCUT2D eigenvalue weighted by atomic mass is 31.0. The fourth-order valence-electron chi connectivity index (χ4n) is 7.60. The fraction of sp³-hybridized carbons (Fsp3) is 0.244. The van der Waals surface area contributed by atoms with Gasteiger partial charge in [0.15, 0.2) is 11.6 Å². The van der Waals surface area contributed by atoms with Crippen molar-refractivity contribution >= 4 is 77.3 Å². The van der Waals surface area contributed by atoms with Crippen LogP contribution in [0.1, 0.15) is 48.1 Å². The second-order valence-electron chi connectivity index (χ2n) is 14.8. The van der Waals surface area contributed by atoms with Gasteiger partial charge in [-0.3, -0.25) is 4.79 Å². The van der Waals surface area contributed by atoms with Gasteiger partial charge in [0, 0.05) is 57.1 Å². The first kappa shape index (κ1) is 38.9. The minimum absolute atomic E-state index is 0.0104. The lowest BCUT2D eigenvalue weighted by Gasteiger charge is -2.27. The SMILES string of the molecule is CCc1cc(C#N)ccc1N(C)c1cc2c(ncn2C)c(NC(=O)C2CC2CN(c2cc3c(ncn3C)c(/N=C(/P)c3ccccc3)n2)c2ccc(C#N)cc2CC)n1. The number of benzene rings is 3. The van der Waals surface area contributed by atoms with Crippen molar-refractivity contribution in [3.63, 3.8) is 0 Å². The molecule has 1 saturated carbocycles. The van der Waals surface area contributed by atoms with Crippen LogP contribution in [0.4, 0.5) is 34.6 Å². The van der Waals surface area contributed by atoms with E-state index in [0.717, 1.165) is 51.0 Å². The number of aliphatic imine (C=N–C) groups is 1. The van der Waals surface area contributed by atoms with Crippen molar-refractivity contribution in [1.29, 1.82) is 10.5 Å². The van der Waals surface area contributed by atoms with Gasteiger partial charge >= 0.3 is 0 Å². The molecule has 3 aromatic carbocycles. The predicted octanol–water partition coefficient (Wildman–Crippen LogP) is 8.25. The lowest BCUT2D eigenvalue weighted by atomic mass is 10.1. The second kappa shape index (κ2) is 16.1. The number of pyridine rings is 2. The predicted molar refractivity (Wildman–Crippen MR) is 236 cm³/mol. The molecule has 4 aromatic heterocycles. The van der Waals surface area contributed by atoms with Crippen molar-refractivity contribution in [2.45, 2.75) is 33.1 Å². The number of amides is 1. The normalized spacial score (nSPS) is 14.9. The van der Waals surface area contributed by atoms with E-state index >= 15 is 0 Å². The van der Waals surface area contributed by atoms with Crippen LogP contribution in [0.25, 0.3) is 22.1 Å². The van der Waals surface area contributed by atoms with Crippen molar-refractivity contribution in [3.05, 3.63) is 119 Å². The molecule has 7 aromatic rings. The average Bonchev–Trinajstić information content (AvgIpc) is 3.81. The number of hydrogen-bond acceptors (Lipinski definition) is 10. The molecule has 4 heterocycles. The molecule has 8 rings (SSSR count). The molecule has 1 N–H and O–H groups in total. The Hall–Kier alpha value is -6.95. The molecule has 13 nitrogen and oxygen atoms in total. The molecular formula is C45H43N12OP. The number of aryl methyl sites for hydroxylation is 4. The van der Waals surface area contributed by atoms with E-state index in [1.165, 1.54) is 0 Å². The number of carbonyl (C=O) groups excluding carboxylic acids is 1. The highest BCUT2D eigenvalue weighted by Gasteiger charge is 2.45. The first-order valence-corrected chi connectivity index (χ1v) is 20.1. The molecule has 59 heavy (non-hydrogen) atoms. The van der Waals surface area contributed by atoms with E-state index in [1.54, 1.807) is 18.7 Å². The minimum Gasteiger partial charge on any atom is -0.334 e. The Balaban J connectivity index is 1.13. The standard InChI is InChI=1S/C45H43N12OP/c1-6-29-17-27(22-46)13-15-34(29)56(5)38-20-36-40(48-25-54(36)3)42(50-38)52-44(58)33-19-32(33)24-57(35-16-14-28(23-47)18-30(35)7-2)39-21-37-41(49-26-55(37)4)43(51-39)53-45(59)31-11-9-8-10-12-31/h8-18,20-21,25-26,32-33H,6-7,19,24,59H2,1-5H3,(H,50,52,58)/b53-45+. The zero-order chi connectivity index (χ0) is 41.4. The molecule has 1 aliphatic rings. The first-order chi connectivity index (χ1) is 28.6. The van der Waals surface area contributed by atoms with Crippen LogP contribution in [0.2, 0.25) is 0 Å². The monoisotopic (exact) mass is 798 g/mol. The number of rotatable bonds is 12. The third-order valence-corrected chi connectivity index (χ3v) is 11.5. The van der Waals surface area contributed by atoms with Crippen molar-refractivity contribution in [1.82, 2.24) is 29.1 Å². The number of nitrogens with one attached hydrogen (secondary N) is 1. The Labute approximate surface area is 344 Å². The Bertz CT molecular complexity index is 2870. The molecule has 0 radical (unpaired) electrons. The number of aromatic nitrogens is 6. The van der Waals surface area contributed by atoms with Crippen LogP contribution < -0.4 is 15.1 Å². The van der Waals surface area contributed by atoms with E-state index in [9.17, 15) is 15.3 Å². The Morgan fingerprint density at radius 2 is 1.46 bits per heavy atom. The van der Waals surface area contributed by atoms with Gasteiger partial charge in [0.1, 0.15) is 22.7 Å². The summed E-state index contributed by atoms with van der Waals surface area (Å²) in [7, 11) is 8.53. The van der Waals surface area contributed by atoms with Crippen molar-refractivity contribution in [2.75, 3.05) is 28.7 Å². The van der Waals surface area contributed by atoms with E-state index in [4.69, 9.17) is 15.0 Å². The summed E-state index contributed by atoms with van der Waals surface area (Å²) in [6.07, 6.45) is 5.57. The molecule has 294 valence electrons. The molecule has 1 fully saturated rings. The Kier molecular flexibility index (Phi) is 10.6. The molecule has 1 amide bonds. The summed E-state index contributed by atoms with van der Waals surface area (Å²) in [5.74, 6) is 1.74. The lowest BCUT2D eigenvalue weighted by Crippen LogP contribution is -2.25. The molecule has 0 saturated heterocycles. The summed E-state index contributed by atoms with van der Waals surface area (Å²) in [4.78, 5) is 42.7. The summed E-state index contributed by atoms with van der Waals surface area (Å²) in [6, 6.07) is 29.8. The molecule has 3 atom stereocenters.